The number of nitrogens with zero attached hydrogens (tertiary/aromatic N) is 4. The van der Waals surface area contributed by atoms with Crippen LogP contribution in [-0.4, -0.2) is 45.8 Å². The number of carbonyl (C=O) groups excluding carboxylic acids is 1. The quantitative estimate of drug-likeness (QED) is 0.775. The molecule has 0 bridgehead atoms. The van der Waals surface area contributed by atoms with Gasteiger partial charge >= 0.3 is 5.97 Å². The third kappa shape index (κ3) is 3.46. The van der Waals surface area contributed by atoms with Crippen LogP contribution in [0.3, 0.4) is 0 Å². The highest BCUT2D eigenvalue weighted by molar-refractivity contribution is 5.87. The molecule has 1 aliphatic rings. The van der Waals surface area contributed by atoms with Crippen molar-refractivity contribution in [3.63, 3.8) is 0 Å². The maximum absolute atomic E-state index is 11.8. The van der Waals surface area contributed by atoms with E-state index in [0.29, 0.717) is 11.7 Å². The number of methoxy groups -OCH3 is 1. The van der Waals surface area contributed by atoms with Crippen LogP contribution in [0.1, 0.15) is 66.4 Å². The third-order valence-electron chi connectivity index (χ3n) is 5.07. The molecule has 1 aliphatic heterocycles. The molecule has 7 heteroatoms. The number of carbonyl (C=O) groups is 1. The molecular weight excluding hydrogens is 320 g/mol. The molecule has 0 amide bonds. The highest BCUT2D eigenvalue weighted by Gasteiger charge is 2.30. The summed E-state index contributed by atoms with van der Waals surface area (Å²) in [6, 6.07) is 2.03. The van der Waals surface area contributed by atoms with Crippen molar-refractivity contribution >= 4 is 5.97 Å². The lowest BCUT2D eigenvalue weighted by Gasteiger charge is -2.35. The minimum Gasteiger partial charge on any atom is -0.463 e. The van der Waals surface area contributed by atoms with Crippen LogP contribution in [0.25, 0.3) is 0 Å². The summed E-state index contributed by atoms with van der Waals surface area (Å²) in [6.45, 7) is 8.89. The fraction of sp³-hybridized carbons (Fsp3) is 0.611. The summed E-state index contributed by atoms with van der Waals surface area (Å²) in [6.07, 6.45) is 4.03. The Bertz CT molecular complexity index is 737. The number of ether oxygens (including phenoxy) is 1. The summed E-state index contributed by atoms with van der Waals surface area (Å²) >= 11 is 0. The van der Waals surface area contributed by atoms with E-state index in [1.54, 1.807) is 6.33 Å². The molecule has 0 aromatic carbocycles. The number of aromatic nitrogens is 3. The van der Waals surface area contributed by atoms with E-state index >= 15 is 0 Å². The summed E-state index contributed by atoms with van der Waals surface area (Å²) in [5.74, 6) is 2.10. The Morgan fingerprint density at radius 1 is 1.52 bits per heavy atom. The van der Waals surface area contributed by atoms with E-state index in [0.717, 1.165) is 49.6 Å². The van der Waals surface area contributed by atoms with Crippen molar-refractivity contribution in [3.05, 3.63) is 35.3 Å². The standard InChI is InChI=1S/C18H26N4O3/c1-5-21-11-19-20-17(21)14-7-6-8-22(10-14)13(3)15-9-12(2)16(25-15)18(23)24-4/h9,11,13-14H,5-8,10H2,1-4H3. The van der Waals surface area contributed by atoms with Gasteiger partial charge in [-0.05, 0) is 46.2 Å². The van der Waals surface area contributed by atoms with Gasteiger partial charge in [0.1, 0.15) is 17.9 Å². The average Bonchev–Trinajstić information content (AvgIpc) is 3.27. The largest absolute Gasteiger partial charge is 0.463 e. The van der Waals surface area contributed by atoms with Gasteiger partial charge in [0.05, 0.1) is 13.2 Å². The molecule has 0 spiro atoms. The highest BCUT2D eigenvalue weighted by Crippen LogP contribution is 2.32. The lowest BCUT2D eigenvalue weighted by molar-refractivity contribution is 0.0555. The number of esters is 1. The van der Waals surface area contributed by atoms with Crippen LogP contribution < -0.4 is 0 Å². The Kier molecular flexibility index (Phi) is 5.22. The number of hydrogen-bond donors (Lipinski definition) is 0. The third-order valence-corrected chi connectivity index (χ3v) is 5.07. The lowest BCUT2D eigenvalue weighted by Crippen LogP contribution is -2.37. The van der Waals surface area contributed by atoms with Crippen molar-refractivity contribution in [1.82, 2.24) is 19.7 Å². The van der Waals surface area contributed by atoms with Crippen LogP contribution in [0.2, 0.25) is 0 Å². The smallest absolute Gasteiger partial charge is 0.374 e. The molecule has 136 valence electrons. The molecule has 1 fully saturated rings. The van der Waals surface area contributed by atoms with Gasteiger partial charge in [0.15, 0.2) is 0 Å². The normalized spacial score (nSPS) is 19.8. The molecule has 7 nitrogen and oxygen atoms in total. The number of rotatable bonds is 5. The molecule has 2 aromatic rings. The van der Waals surface area contributed by atoms with Crippen LogP contribution in [-0.2, 0) is 11.3 Å². The SMILES string of the molecule is CCn1cnnc1C1CCCN(C(C)c2cc(C)c(C(=O)OC)o2)C1. The van der Waals surface area contributed by atoms with Gasteiger partial charge in [-0.1, -0.05) is 0 Å². The second kappa shape index (κ2) is 7.39. The molecular formula is C18H26N4O3. The minimum absolute atomic E-state index is 0.0953. The Morgan fingerprint density at radius 3 is 3.04 bits per heavy atom. The van der Waals surface area contributed by atoms with Gasteiger partial charge in [0.25, 0.3) is 0 Å². The van der Waals surface area contributed by atoms with E-state index in [1.807, 2.05) is 13.0 Å². The molecule has 2 aromatic heterocycles. The molecule has 3 rings (SSSR count). The first-order valence-electron chi connectivity index (χ1n) is 8.85. The Hall–Kier alpha value is -2.15. The topological polar surface area (TPSA) is 73.4 Å². The first kappa shape index (κ1) is 17.7. The highest BCUT2D eigenvalue weighted by atomic mass is 16.5. The van der Waals surface area contributed by atoms with Crippen LogP contribution in [0.15, 0.2) is 16.8 Å². The van der Waals surface area contributed by atoms with E-state index in [2.05, 4.69) is 33.5 Å². The zero-order chi connectivity index (χ0) is 18.0. The van der Waals surface area contributed by atoms with Crippen molar-refractivity contribution in [2.75, 3.05) is 20.2 Å². The Morgan fingerprint density at radius 2 is 2.32 bits per heavy atom. The van der Waals surface area contributed by atoms with Crippen LogP contribution in [0.5, 0.6) is 0 Å². The maximum atomic E-state index is 11.8. The van der Waals surface area contributed by atoms with Crippen LogP contribution in [0, 0.1) is 6.92 Å². The summed E-state index contributed by atoms with van der Waals surface area (Å²) in [5.41, 5.74) is 0.813. The minimum atomic E-state index is -0.427. The predicted octanol–water partition coefficient (Wildman–Crippen LogP) is 2.93. The number of piperidine rings is 1. The van der Waals surface area contributed by atoms with Gasteiger partial charge in [-0.15, -0.1) is 10.2 Å². The second-order valence-corrected chi connectivity index (χ2v) is 6.64. The van der Waals surface area contributed by atoms with E-state index < -0.39 is 5.97 Å². The second-order valence-electron chi connectivity index (χ2n) is 6.64. The van der Waals surface area contributed by atoms with Crippen LogP contribution in [0.4, 0.5) is 0 Å². The molecule has 0 saturated carbocycles. The zero-order valence-corrected chi connectivity index (χ0v) is 15.4. The molecule has 25 heavy (non-hydrogen) atoms. The van der Waals surface area contributed by atoms with E-state index in [4.69, 9.17) is 9.15 Å². The molecule has 0 aliphatic carbocycles. The van der Waals surface area contributed by atoms with Crippen molar-refractivity contribution < 1.29 is 13.9 Å². The first-order valence-corrected chi connectivity index (χ1v) is 8.85. The average molecular weight is 346 g/mol. The van der Waals surface area contributed by atoms with E-state index in [9.17, 15) is 4.79 Å². The van der Waals surface area contributed by atoms with Gasteiger partial charge in [-0.2, -0.15) is 0 Å². The zero-order valence-electron chi connectivity index (χ0n) is 15.4. The maximum Gasteiger partial charge on any atom is 0.374 e. The summed E-state index contributed by atoms with van der Waals surface area (Å²) in [7, 11) is 1.37. The number of furan rings is 1. The molecule has 1 saturated heterocycles. The molecule has 0 N–H and O–H groups in total. The first-order chi connectivity index (χ1) is 12.0. The van der Waals surface area contributed by atoms with Gasteiger partial charge in [-0.3, -0.25) is 4.90 Å². The lowest BCUT2D eigenvalue weighted by atomic mass is 9.95. The van der Waals surface area contributed by atoms with Crippen molar-refractivity contribution in [3.8, 4) is 0 Å². The molecule has 0 radical (unpaired) electrons. The van der Waals surface area contributed by atoms with E-state index in [-0.39, 0.29) is 6.04 Å². The fourth-order valence-electron chi connectivity index (χ4n) is 3.58. The molecule has 3 heterocycles. The number of hydrogen-bond acceptors (Lipinski definition) is 6. The van der Waals surface area contributed by atoms with Crippen molar-refractivity contribution in [2.24, 2.45) is 0 Å². The van der Waals surface area contributed by atoms with Gasteiger partial charge < -0.3 is 13.7 Å². The molecule has 2 atom stereocenters. The Balaban J connectivity index is 1.76. The Labute approximate surface area is 148 Å². The van der Waals surface area contributed by atoms with Gasteiger partial charge in [0.2, 0.25) is 5.76 Å². The van der Waals surface area contributed by atoms with Crippen molar-refractivity contribution in [2.45, 2.75) is 52.1 Å². The number of likely N-dealkylation sites (tertiary alicyclic amines) is 1. The predicted molar refractivity (Wildman–Crippen MR) is 92.4 cm³/mol. The molecule has 2 unspecified atom stereocenters. The fourth-order valence-corrected chi connectivity index (χ4v) is 3.58. The summed E-state index contributed by atoms with van der Waals surface area (Å²) in [5, 5.41) is 8.40. The monoisotopic (exact) mass is 346 g/mol. The number of aryl methyl sites for hydroxylation is 2. The van der Waals surface area contributed by atoms with Gasteiger partial charge in [0, 0.05) is 24.6 Å². The van der Waals surface area contributed by atoms with E-state index in [1.165, 1.54) is 7.11 Å². The van der Waals surface area contributed by atoms with Gasteiger partial charge in [-0.25, -0.2) is 4.79 Å². The summed E-state index contributed by atoms with van der Waals surface area (Å²) < 4.78 is 12.7. The van der Waals surface area contributed by atoms with Crippen LogP contribution >= 0.6 is 0 Å². The van der Waals surface area contributed by atoms with Crippen molar-refractivity contribution in [1.29, 1.82) is 0 Å². The summed E-state index contributed by atoms with van der Waals surface area (Å²) in [4.78, 5) is 14.2.